The molecule has 1 heterocycles. The van der Waals surface area contributed by atoms with Gasteiger partial charge in [-0.3, -0.25) is 9.59 Å². The highest BCUT2D eigenvalue weighted by atomic mass is 16.5. The molecule has 2 amide bonds. The van der Waals surface area contributed by atoms with E-state index < -0.39 is 6.04 Å². The summed E-state index contributed by atoms with van der Waals surface area (Å²) >= 11 is 0. The third kappa shape index (κ3) is 2.87. The zero-order valence-corrected chi connectivity index (χ0v) is 13.6. The van der Waals surface area contributed by atoms with E-state index >= 15 is 0 Å². The SMILES string of the molecule is CCO[C@@H]1C[C@H](NC(=O)[C@H](C)NC(=O)c2ccoc2)C12CCC2. The Hall–Kier alpha value is -1.82. The number of ether oxygens (including phenoxy) is 1. The summed E-state index contributed by atoms with van der Waals surface area (Å²) in [6.07, 6.45) is 7.34. The van der Waals surface area contributed by atoms with E-state index in [-0.39, 0.29) is 29.4 Å². The quantitative estimate of drug-likeness (QED) is 0.838. The predicted octanol–water partition coefficient (Wildman–Crippen LogP) is 1.86. The van der Waals surface area contributed by atoms with Gasteiger partial charge in [0.1, 0.15) is 12.3 Å². The van der Waals surface area contributed by atoms with Gasteiger partial charge in [-0.25, -0.2) is 0 Å². The molecule has 0 aliphatic heterocycles. The van der Waals surface area contributed by atoms with Gasteiger partial charge in [-0.15, -0.1) is 0 Å². The molecule has 6 heteroatoms. The summed E-state index contributed by atoms with van der Waals surface area (Å²) in [5.41, 5.74) is 0.542. The third-order valence-electron chi connectivity index (χ3n) is 5.28. The summed E-state index contributed by atoms with van der Waals surface area (Å²) < 4.78 is 10.7. The largest absolute Gasteiger partial charge is 0.472 e. The average Bonchev–Trinajstić information content (AvgIpc) is 2.98. The number of carbonyl (C=O) groups excluding carboxylic acids is 2. The first kappa shape index (κ1) is 16.1. The van der Waals surface area contributed by atoms with Crippen molar-refractivity contribution < 1.29 is 18.7 Å². The van der Waals surface area contributed by atoms with Crippen LogP contribution in [0.25, 0.3) is 0 Å². The number of amides is 2. The van der Waals surface area contributed by atoms with E-state index in [9.17, 15) is 9.59 Å². The maximum absolute atomic E-state index is 12.4. The Morgan fingerprint density at radius 1 is 1.48 bits per heavy atom. The molecule has 0 unspecified atom stereocenters. The van der Waals surface area contributed by atoms with Crippen LogP contribution < -0.4 is 10.6 Å². The summed E-state index contributed by atoms with van der Waals surface area (Å²) in [6.45, 7) is 4.41. The van der Waals surface area contributed by atoms with Gasteiger partial charge in [0.2, 0.25) is 5.91 Å². The van der Waals surface area contributed by atoms with Crippen LogP contribution in [-0.4, -0.2) is 36.6 Å². The fourth-order valence-electron chi connectivity index (χ4n) is 3.68. The van der Waals surface area contributed by atoms with E-state index in [1.165, 1.54) is 18.9 Å². The molecule has 1 aromatic rings. The number of rotatable bonds is 6. The monoisotopic (exact) mass is 320 g/mol. The molecule has 0 aromatic carbocycles. The van der Waals surface area contributed by atoms with E-state index in [0.29, 0.717) is 12.2 Å². The fraction of sp³-hybridized carbons (Fsp3) is 0.647. The molecule has 23 heavy (non-hydrogen) atoms. The first-order valence-corrected chi connectivity index (χ1v) is 8.32. The van der Waals surface area contributed by atoms with E-state index in [4.69, 9.17) is 9.15 Å². The molecular formula is C17H24N2O4. The summed E-state index contributed by atoms with van der Waals surface area (Å²) in [4.78, 5) is 24.3. The van der Waals surface area contributed by atoms with E-state index in [1.807, 2.05) is 6.92 Å². The summed E-state index contributed by atoms with van der Waals surface area (Å²) in [5.74, 6) is -0.450. The van der Waals surface area contributed by atoms with Crippen molar-refractivity contribution in [3.8, 4) is 0 Å². The minimum atomic E-state index is -0.583. The summed E-state index contributed by atoms with van der Waals surface area (Å²) in [5, 5.41) is 5.78. The van der Waals surface area contributed by atoms with Gasteiger partial charge >= 0.3 is 0 Å². The molecule has 0 saturated heterocycles. The second-order valence-electron chi connectivity index (χ2n) is 6.53. The van der Waals surface area contributed by atoms with Crippen molar-refractivity contribution in [2.24, 2.45) is 5.41 Å². The molecule has 2 saturated carbocycles. The number of hydrogen-bond donors (Lipinski definition) is 2. The smallest absolute Gasteiger partial charge is 0.255 e. The molecule has 3 atom stereocenters. The first-order chi connectivity index (χ1) is 11.1. The lowest BCUT2D eigenvalue weighted by atomic mass is 9.51. The first-order valence-electron chi connectivity index (χ1n) is 8.32. The standard InChI is InChI=1S/C17H24N2O4/c1-3-23-14-9-13(17(14)6-4-7-17)19-15(20)11(2)18-16(21)12-5-8-22-10-12/h5,8,10-11,13-14H,3-4,6-7,9H2,1-2H3,(H,18,21)(H,19,20)/t11-,13-,14+/m0/s1. The van der Waals surface area contributed by atoms with Gasteiger partial charge in [-0.2, -0.15) is 0 Å². The van der Waals surface area contributed by atoms with Gasteiger partial charge in [-0.1, -0.05) is 6.42 Å². The topological polar surface area (TPSA) is 80.6 Å². The Morgan fingerprint density at radius 3 is 2.83 bits per heavy atom. The molecule has 2 aliphatic carbocycles. The van der Waals surface area contributed by atoms with E-state index in [0.717, 1.165) is 19.3 Å². The number of furan rings is 1. The Labute approximate surface area is 135 Å². The van der Waals surface area contributed by atoms with Crippen LogP contribution in [0, 0.1) is 5.41 Å². The highest BCUT2D eigenvalue weighted by Gasteiger charge is 2.59. The minimum absolute atomic E-state index is 0.125. The zero-order chi connectivity index (χ0) is 16.4. The van der Waals surface area contributed by atoms with Gasteiger partial charge in [0.25, 0.3) is 5.91 Å². The van der Waals surface area contributed by atoms with Crippen molar-refractivity contribution in [2.75, 3.05) is 6.61 Å². The molecule has 126 valence electrons. The van der Waals surface area contributed by atoms with Gasteiger partial charge in [0, 0.05) is 18.1 Å². The summed E-state index contributed by atoms with van der Waals surface area (Å²) in [7, 11) is 0. The molecule has 1 spiro atoms. The highest BCUT2D eigenvalue weighted by Crippen LogP contribution is 2.57. The van der Waals surface area contributed by atoms with Gasteiger partial charge in [0.05, 0.1) is 17.9 Å². The Morgan fingerprint density at radius 2 is 2.26 bits per heavy atom. The van der Waals surface area contributed by atoms with Crippen molar-refractivity contribution in [3.05, 3.63) is 24.2 Å². The van der Waals surface area contributed by atoms with Crippen molar-refractivity contribution in [3.63, 3.8) is 0 Å². The minimum Gasteiger partial charge on any atom is -0.472 e. The molecule has 2 fully saturated rings. The second-order valence-corrected chi connectivity index (χ2v) is 6.53. The number of hydrogen-bond acceptors (Lipinski definition) is 4. The van der Waals surface area contributed by atoms with Crippen molar-refractivity contribution in [1.82, 2.24) is 10.6 Å². The van der Waals surface area contributed by atoms with Crippen LogP contribution in [-0.2, 0) is 9.53 Å². The van der Waals surface area contributed by atoms with Crippen LogP contribution in [0.15, 0.2) is 23.0 Å². The van der Waals surface area contributed by atoms with E-state index in [2.05, 4.69) is 10.6 Å². The maximum Gasteiger partial charge on any atom is 0.255 e. The lowest BCUT2D eigenvalue weighted by molar-refractivity contribution is -0.176. The molecule has 3 rings (SSSR count). The summed E-state index contributed by atoms with van der Waals surface area (Å²) in [6, 6.07) is 1.15. The zero-order valence-electron chi connectivity index (χ0n) is 13.6. The van der Waals surface area contributed by atoms with Crippen molar-refractivity contribution >= 4 is 11.8 Å². The lowest BCUT2D eigenvalue weighted by Crippen LogP contribution is -2.68. The lowest BCUT2D eigenvalue weighted by Gasteiger charge is -2.61. The van der Waals surface area contributed by atoms with Crippen LogP contribution in [0.2, 0.25) is 0 Å². The Kier molecular flexibility index (Phi) is 4.43. The number of nitrogens with one attached hydrogen (secondary N) is 2. The molecule has 0 radical (unpaired) electrons. The predicted molar refractivity (Wildman–Crippen MR) is 83.9 cm³/mol. The molecule has 1 aromatic heterocycles. The Balaban J connectivity index is 1.52. The molecule has 6 nitrogen and oxygen atoms in total. The normalized spacial score (nSPS) is 26.0. The van der Waals surface area contributed by atoms with Crippen LogP contribution >= 0.6 is 0 Å². The van der Waals surface area contributed by atoms with Crippen LogP contribution in [0.5, 0.6) is 0 Å². The maximum atomic E-state index is 12.4. The fourth-order valence-corrected chi connectivity index (χ4v) is 3.68. The van der Waals surface area contributed by atoms with Gasteiger partial charge in [0.15, 0.2) is 0 Å². The molecule has 2 N–H and O–H groups in total. The Bertz CT molecular complexity index is 565. The highest BCUT2D eigenvalue weighted by molar-refractivity contribution is 5.97. The molecule has 0 bridgehead atoms. The van der Waals surface area contributed by atoms with Crippen molar-refractivity contribution in [1.29, 1.82) is 0 Å². The van der Waals surface area contributed by atoms with Gasteiger partial charge < -0.3 is 19.8 Å². The van der Waals surface area contributed by atoms with E-state index in [1.54, 1.807) is 13.0 Å². The van der Waals surface area contributed by atoms with Gasteiger partial charge in [-0.05, 0) is 39.2 Å². The molecule has 2 aliphatic rings. The van der Waals surface area contributed by atoms with Crippen LogP contribution in [0.3, 0.4) is 0 Å². The third-order valence-corrected chi connectivity index (χ3v) is 5.28. The van der Waals surface area contributed by atoms with Crippen LogP contribution in [0.4, 0.5) is 0 Å². The number of carbonyl (C=O) groups is 2. The average molecular weight is 320 g/mol. The molecular weight excluding hydrogens is 296 g/mol. The van der Waals surface area contributed by atoms with Crippen LogP contribution in [0.1, 0.15) is 49.9 Å². The second kappa shape index (κ2) is 6.35. The van der Waals surface area contributed by atoms with Crippen molar-refractivity contribution in [2.45, 2.75) is 57.7 Å².